The fraction of sp³-hybridized carbons (Fsp3) is 0.429. The van der Waals surface area contributed by atoms with Crippen molar-refractivity contribution in [1.29, 1.82) is 0 Å². The smallest absolute Gasteiger partial charge is 0.346 e. The fourth-order valence-corrected chi connectivity index (χ4v) is 0.396. The standard InChI is InChI=1S/C7H10O5/c1-4(2)12-3-5(6(8)9)7(10)11/h3-4H,1-2H3,(H,8,9)(H,10,11). The lowest BCUT2D eigenvalue weighted by atomic mass is 10.3. The lowest BCUT2D eigenvalue weighted by molar-refractivity contribution is -0.140. The molecule has 0 bridgehead atoms. The molecule has 0 atom stereocenters. The Morgan fingerprint density at radius 3 is 1.92 bits per heavy atom. The van der Waals surface area contributed by atoms with Crippen molar-refractivity contribution in [2.24, 2.45) is 0 Å². The van der Waals surface area contributed by atoms with Crippen molar-refractivity contribution in [2.75, 3.05) is 0 Å². The van der Waals surface area contributed by atoms with E-state index in [0.717, 1.165) is 6.26 Å². The Labute approximate surface area is 69.3 Å². The third-order valence-corrected chi connectivity index (χ3v) is 0.919. The number of hydrogen-bond acceptors (Lipinski definition) is 3. The van der Waals surface area contributed by atoms with E-state index in [-0.39, 0.29) is 6.10 Å². The topological polar surface area (TPSA) is 83.8 Å². The molecule has 0 aromatic rings. The third-order valence-electron chi connectivity index (χ3n) is 0.919. The van der Waals surface area contributed by atoms with Gasteiger partial charge in [0, 0.05) is 0 Å². The number of rotatable bonds is 4. The van der Waals surface area contributed by atoms with Crippen LogP contribution in [-0.2, 0) is 14.3 Å². The second-order valence-corrected chi connectivity index (χ2v) is 2.33. The minimum atomic E-state index is -1.51. The second kappa shape index (κ2) is 4.38. The second-order valence-electron chi connectivity index (χ2n) is 2.33. The number of ether oxygens (including phenoxy) is 1. The summed E-state index contributed by atoms with van der Waals surface area (Å²) in [6.45, 7) is 3.33. The summed E-state index contributed by atoms with van der Waals surface area (Å²) < 4.78 is 4.70. The van der Waals surface area contributed by atoms with Crippen LogP contribution in [0.3, 0.4) is 0 Å². The van der Waals surface area contributed by atoms with Crippen LogP contribution >= 0.6 is 0 Å². The average Bonchev–Trinajstić information content (AvgIpc) is 1.84. The third kappa shape index (κ3) is 3.60. The quantitative estimate of drug-likeness (QED) is 0.280. The molecular formula is C7H10O5. The summed E-state index contributed by atoms with van der Waals surface area (Å²) in [6, 6.07) is 0. The summed E-state index contributed by atoms with van der Waals surface area (Å²) in [5.74, 6) is -3.02. The molecule has 0 unspecified atom stereocenters. The maximum Gasteiger partial charge on any atom is 0.346 e. The summed E-state index contributed by atoms with van der Waals surface area (Å²) in [5, 5.41) is 16.7. The molecule has 0 radical (unpaired) electrons. The van der Waals surface area contributed by atoms with Gasteiger partial charge in [-0.1, -0.05) is 0 Å². The Morgan fingerprint density at radius 2 is 1.67 bits per heavy atom. The molecule has 2 N–H and O–H groups in total. The Hall–Kier alpha value is -1.52. The Kier molecular flexibility index (Phi) is 3.82. The van der Waals surface area contributed by atoms with Gasteiger partial charge in [-0.3, -0.25) is 0 Å². The van der Waals surface area contributed by atoms with E-state index in [1.165, 1.54) is 0 Å². The molecule has 0 aromatic heterocycles. The number of aliphatic carboxylic acids is 2. The monoisotopic (exact) mass is 174 g/mol. The molecule has 5 heteroatoms. The first kappa shape index (κ1) is 10.5. The minimum absolute atomic E-state index is 0.237. The zero-order valence-corrected chi connectivity index (χ0v) is 6.77. The fourth-order valence-electron chi connectivity index (χ4n) is 0.396. The maximum absolute atomic E-state index is 10.2. The van der Waals surface area contributed by atoms with Gasteiger partial charge in [-0.25, -0.2) is 9.59 Å². The molecule has 5 nitrogen and oxygen atoms in total. The highest BCUT2D eigenvalue weighted by atomic mass is 16.5. The van der Waals surface area contributed by atoms with E-state index >= 15 is 0 Å². The van der Waals surface area contributed by atoms with Gasteiger partial charge in [0.25, 0.3) is 0 Å². The number of carboxylic acid groups (broad SMARTS) is 2. The average molecular weight is 174 g/mol. The van der Waals surface area contributed by atoms with Crippen LogP contribution in [0.1, 0.15) is 13.8 Å². The van der Waals surface area contributed by atoms with Crippen molar-refractivity contribution in [3.63, 3.8) is 0 Å². The van der Waals surface area contributed by atoms with Crippen LogP contribution in [0.15, 0.2) is 11.8 Å². The molecule has 0 aliphatic heterocycles. The molecule has 0 saturated carbocycles. The summed E-state index contributed by atoms with van der Waals surface area (Å²) in [6.07, 6.45) is 0.494. The largest absolute Gasteiger partial charge is 0.497 e. The first-order chi connectivity index (χ1) is 5.45. The Morgan fingerprint density at radius 1 is 1.25 bits per heavy atom. The molecule has 0 aliphatic carbocycles. The lowest BCUT2D eigenvalue weighted by Crippen LogP contribution is -2.12. The van der Waals surface area contributed by atoms with Crippen LogP contribution in [0.4, 0.5) is 0 Å². The molecule has 0 amide bonds. The van der Waals surface area contributed by atoms with Crippen molar-refractivity contribution >= 4 is 11.9 Å². The molecule has 0 saturated heterocycles. The summed E-state index contributed by atoms with van der Waals surface area (Å²) in [5.41, 5.74) is -0.774. The molecule has 0 aliphatic rings. The van der Waals surface area contributed by atoms with E-state index < -0.39 is 17.5 Å². The van der Waals surface area contributed by atoms with Crippen molar-refractivity contribution in [2.45, 2.75) is 20.0 Å². The molecular weight excluding hydrogens is 164 g/mol. The first-order valence-electron chi connectivity index (χ1n) is 3.27. The van der Waals surface area contributed by atoms with E-state index in [1.807, 2.05) is 0 Å². The Bertz CT molecular complexity index is 200. The molecule has 0 heterocycles. The van der Waals surface area contributed by atoms with Gasteiger partial charge < -0.3 is 14.9 Å². The van der Waals surface area contributed by atoms with E-state index in [9.17, 15) is 9.59 Å². The van der Waals surface area contributed by atoms with Crippen LogP contribution in [0, 0.1) is 0 Å². The van der Waals surface area contributed by atoms with Gasteiger partial charge in [0.15, 0.2) is 5.57 Å². The van der Waals surface area contributed by atoms with Gasteiger partial charge in [-0.15, -0.1) is 0 Å². The van der Waals surface area contributed by atoms with Crippen molar-refractivity contribution < 1.29 is 24.5 Å². The van der Waals surface area contributed by atoms with Crippen molar-refractivity contribution in [3.05, 3.63) is 11.8 Å². The highest BCUT2D eigenvalue weighted by Crippen LogP contribution is 1.98. The predicted molar refractivity (Wildman–Crippen MR) is 39.6 cm³/mol. The molecule has 12 heavy (non-hydrogen) atoms. The van der Waals surface area contributed by atoms with Gasteiger partial charge in [0.2, 0.25) is 0 Å². The van der Waals surface area contributed by atoms with E-state index in [0.29, 0.717) is 0 Å². The van der Waals surface area contributed by atoms with Crippen LogP contribution < -0.4 is 0 Å². The van der Waals surface area contributed by atoms with Crippen LogP contribution in [-0.4, -0.2) is 28.3 Å². The zero-order chi connectivity index (χ0) is 9.72. The molecule has 0 fully saturated rings. The van der Waals surface area contributed by atoms with Gasteiger partial charge in [-0.2, -0.15) is 0 Å². The van der Waals surface area contributed by atoms with Crippen LogP contribution in [0.5, 0.6) is 0 Å². The van der Waals surface area contributed by atoms with Gasteiger partial charge in [-0.05, 0) is 13.8 Å². The summed E-state index contributed by atoms with van der Waals surface area (Å²) >= 11 is 0. The van der Waals surface area contributed by atoms with Crippen molar-refractivity contribution in [1.82, 2.24) is 0 Å². The first-order valence-corrected chi connectivity index (χ1v) is 3.27. The van der Waals surface area contributed by atoms with Crippen molar-refractivity contribution in [3.8, 4) is 0 Å². The molecule has 0 rings (SSSR count). The van der Waals surface area contributed by atoms with Crippen LogP contribution in [0.2, 0.25) is 0 Å². The number of carbonyl (C=O) groups is 2. The normalized spacial score (nSPS) is 9.25. The summed E-state index contributed by atoms with van der Waals surface area (Å²) in [4.78, 5) is 20.4. The lowest BCUT2D eigenvalue weighted by Gasteiger charge is -2.03. The zero-order valence-electron chi connectivity index (χ0n) is 6.77. The number of hydrogen-bond donors (Lipinski definition) is 2. The SMILES string of the molecule is CC(C)OC=C(C(=O)O)C(=O)O. The predicted octanol–water partition coefficient (Wildman–Crippen LogP) is 0.465. The highest BCUT2D eigenvalue weighted by Gasteiger charge is 2.16. The van der Waals surface area contributed by atoms with E-state index in [2.05, 4.69) is 0 Å². The van der Waals surface area contributed by atoms with Gasteiger partial charge in [0.05, 0.1) is 6.10 Å². The minimum Gasteiger partial charge on any atom is -0.497 e. The van der Waals surface area contributed by atoms with E-state index in [4.69, 9.17) is 14.9 Å². The Balaban J connectivity index is 4.40. The molecule has 68 valence electrons. The molecule has 0 spiro atoms. The van der Waals surface area contributed by atoms with Crippen LogP contribution in [0.25, 0.3) is 0 Å². The summed E-state index contributed by atoms with van der Waals surface area (Å²) in [7, 11) is 0. The maximum atomic E-state index is 10.2. The van der Waals surface area contributed by atoms with Gasteiger partial charge >= 0.3 is 11.9 Å². The molecule has 0 aromatic carbocycles. The highest BCUT2D eigenvalue weighted by molar-refractivity contribution is 6.12. The van der Waals surface area contributed by atoms with E-state index in [1.54, 1.807) is 13.8 Å². The van der Waals surface area contributed by atoms with Gasteiger partial charge in [0.1, 0.15) is 6.26 Å². The number of carboxylic acids is 2.